The quantitative estimate of drug-likeness (QED) is 0.565. The molecular weight excluding hydrogens is 200 g/mol. The second-order valence-electron chi connectivity index (χ2n) is 4.74. The fourth-order valence-corrected chi connectivity index (χ4v) is 2.48. The average Bonchev–Trinajstić information content (AvgIpc) is 2.68. The lowest BCUT2D eigenvalue weighted by Gasteiger charge is -2.29. The summed E-state index contributed by atoms with van der Waals surface area (Å²) in [5.74, 6) is 1.72. The van der Waals surface area contributed by atoms with Crippen molar-refractivity contribution in [2.24, 2.45) is 22.9 Å². The van der Waals surface area contributed by atoms with Crippen molar-refractivity contribution >= 4 is 6.21 Å². The Morgan fingerprint density at radius 2 is 2.06 bits per heavy atom. The van der Waals surface area contributed by atoms with Gasteiger partial charge in [0.25, 0.3) is 0 Å². The minimum atomic E-state index is 0.506. The first-order valence-corrected chi connectivity index (χ1v) is 5.73. The van der Waals surface area contributed by atoms with Gasteiger partial charge in [0.15, 0.2) is 0 Å². The SMILES string of the molecule is CC1=C[C@@H](C)[C@H](C=Nn2cnnc2)[C@@H](C)C1. The maximum atomic E-state index is 4.35. The van der Waals surface area contributed by atoms with Crippen molar-refractivity contribution in [2.45, 2.75) is 27.2 Å². The first-order chi connectivity index (χ1) is 7.66. The lowest BCUT2D eigenvalue weighted by atomic mass is 9.76. The van der Waals surface area contributed by atoms with Crippen LogP contribution in [0.2, 0.25) is 0 Å². The highest BCUT2D eigenvalue weighted by molar-refractivity contribution is 5.62. The summed E-state index contributed by atoms with van der Waals surface area (Å²) < 4.78 is 1.64. The molecule has 0 fully saturated rings. The Kier molecular flexibility index (Phi) is 3.17. The summed E-state index contributed by atoms with van der Waals surface area (Å²) in [5, 5.41) is 11.8. The molecule has 4 nitrogen and oxygen atoms in total. The molecule has 1 heterocycles. The Balaban J connectivity index is 2.10. The molecule has 1 aromatic rings. The van der Waals surface area contributed by atoms with E-state index < -0.39 is 0 Å². The van der Waals surface area contributed by atoms with E-state index in [-0.39, 0.29) is 0 Å². The fraction of sp³-hybridized carbons (Fsp3) is 0.583. The molecule has 0 saturated carbocycles. The Hall–Kier alpha value is -1.45. The van der Waals surface area contributed by atoms with Gasteiger partial charge in [-0.1, -0.05) is 25.5 Å². The van der Waals surface area contributed by atoms with E-state index in [4.69, 9.17) is 0 Å². The monoisotopic (exact) mass is 218 g/mol. The highest BCUT2D eigenvalue weighted by atomic mass is 15.4. The normalized spacial score (nSPS) is 30.7. The largest absolute Gasteiger partial charge is 0.208 e. The molecule has 0 aliphatic heterocycles. The summed E-state index contributed by atoms with van der Waals surface area (Å²) in [4.78, 5) is 0. The second-order valence-corrected chi connectivity index (χ2v) is 4.74. The minimum Gasteiger partial charge on any atom is -0.208 e. The predicted octanol–water partition coefficient (Wildman–Crippen LogP) is 2.35. The minimum absolute atomic E-state index is 0.506. The third-order valence-corrected chi connectivity index (χ3v) is 3.23. The molecule has 0 radical (unpaired) electrons. The van der Waals surface area contributed by atoms with Gasteiger partial charge in [-0.05, 0) is 25.2 Å². The maximum Gasteiger partial charge on any atom is 0.141 e. The van der Waals surface area contributed by atoms with E-state index in [1.807, 2.05) is 6.21 Å². The van der Waals surface area contributed by atoms with Crippen molar-refractivity contribution < 1.29 is 0 Å². The van der Waals surface area contributed by atoms with Crippen LogP contribution in [0.1, 0.15) is 27.2 Å². The zero-order chi connectivity index (χ0) is 11.5. The van der Waals surface area contributed by atoms with Crippen LogP contribution in [0.15, 0.2) is 29.4 Å². The number of hydrogen-bond donors (Lipinski definition) is 0. The number of aromatic nitrogens is 3. The molecule has 0 bridgehead atoms. The summed E-state index contributed by atoms with van der Waals surface area (Å²) >= 11 is 0. The second kappa shape index (κ2) is 4.60. The molecule has 0 aromatic carbocycles. The van der Waals surface area contributed by atoms with Gasteiger partial charge in [-0.3, -0.25) is 0 Å². The van der Waals surface area contributed by atoms with Crippen LogP contribution >= 0.6 is 0 Å². The summed E-state index contributed by atoms with van der Waals surface area (Å²) in [6, 6.07) is 0. The van der Waals surface area contributed by atoms with Gasteiger partial charge in [-0.25, -0.2) is 4.68 Å². The summed E-state index contributed by atoms with van der Waals surface area (Å²) in [6.45, 7) is 6.75. The zero-order valence-electron chi connectivity index (χ0n) is 10.0. The Morgan fingerprint density at radius 1 is 1.38 bits per heavy atom. The van der Waals surface area contributed by atoms with Crippen LogP contribution < -0.4 is 0 Å². The van der Waals surface area contributed by atoms with E-state index in [0.717, 1.165) is 0 Å². The summed E-state index contributed by atoms with van der Waals surface area (Å²) in [6.07, 6.45) is 8.76. The van der Waals surface area contributed by atoms with Crippen molar-refractivity contribution in [3.63, 3.8) is 0 Å². The molecule has 1 aliphatic rings. The van der Waals surface area contributed by atoms with Crippen molar-refractivity contribution in [3.05, 3.63) is 24.3 Å². The predicted molar refractivity (Wildman–Crippen MR) is 64.1 cm³/mol. The average molecular weight is 218 g/mol. The van der Waals surface area contributed by atoms with Crippen molar-refractivity contribution in [2.75, 3.05) is 0 Å². The molecule has 0 spiro atoms. The van der Waals surface area contributed by atoms with E-state index in [9.17, 15) is 0 Å². The van der Waals surface area contributed by atoms with Crippen LogP contribution in [-0.4, -0.2) is 21.1 Å². The number of nitrogens with zero attached hydrogens (tertiary/aromatic N) is 4. The first kappa shape index (κ1) is 11.0. The van der Waals surface area contributed by atoms with Gasteiger partial charge in [0, 0.05) is 12.1 Å². The van der Waals surface area contributed by atoms with Gasteiger partial charge >= 0.3 is 0 Å². The molecule has 1 aliphatic carbocycles. The highest BCUT2D eigenvalue weighted by Crippen LogP contribution is 2.32. The van der Waals surface area contributed by atoms with E-state index in [1.54, 1.807) is 17.3 Å². The molecule has 0 unspecified atom stereocenters. The Bertz CT molecular complexity index is 391. The molecular formula is C12H18N4. The van der Waals surface area contributed by atoms with Gasteiger partial charge in [-0.2, -0.15) is 5.10 Å². The van der Waals surface area contributed by atoms with Crippen molar-refractivity contribution in [1.29, 1.82) is 0 Å². The molecule has 4 heteroatoms. The van der Waals surface area contributed by atoms with Crippen LogP contribution in [0.3, 0.4) is 0 Å². The molecule has 86 valence electrons. The smallest absolute Gasteiger partial charge is 0.141 e. The van der Waals surface area contributed by atoms with Crippen LogP contribution in [0.4, 0.5) is 0 Å². The first-order valence-electron chi connectivity index (χ1n) is 5.73. The van der Waals surface area contributed by atoms with E-state index in [0.29, 0.717) is 17.8 Å². The lowest BCUT2D eigenvalue weighted by molar-refractivity contribution is 0.361. The summed E-state index contributed by atoms with van der Waals surface area (Å²) in [7, 11) is 0. The van der Waals surface area contributed by atoms with Gasteiger partial charge in [-0.15, -0.1) is 10.2 Å². The highest BCUT2D eigenvalue weighted by Gasteiger charge is 2.25. The Labute approximate surface area is 96.1 Å². The molecule has 1 aromatic heterocycles. The number of rotatable bonds is 2. The van der Waals surface area contributed by atoms with Gasteiger partial charge < -0.3 is 0 Å². The van der Waals surface area contributed by atoms with E-state index in [2.05, 4.69) is 42.1 Å². The molecule has 0 amide bonds. The van der Waals surface area contributed by atoms with Crippen LogP contribution in [-0.2, 0) is 0 Å². The van der Waals surface area contributed by atoms with Gasteiger partial charge in [0.1, 0.15) is 12.7 Å². The van der Waals surface area contributed by atoms with Gasteiger partial charge in [0.05, 0.1) is 0 Å². The number of allylic oxidation sites excluding steroid dienone is 2. The molecule has 0 saturated heterocycles. The third-order valence-electron chi connectivity index (χ3n) is 3.23. The van der Waals surface area contributed by atoms with Crippen LogP contribution in [0.5, 0.6) is 0 Å². The molecule has 3 atom stereocenters. The standard InChI is InChI=1S/C12H18N4/c1-9-4-10(2)12(11(3)5-9)6-15-16-7-13-14-8-16/h4,6-8,10-12H,5H2,1-3H3/t10-,11+,12+/m1/s1. The van der Waals surface area contributed by atoms with E-state index >= 15 is 0 Å². The fourth-order valence-electron chi connectivity index (χ4n) is 2.48. The maximum absolute atomic E-state index is 4.35. The van der Waals surface area contributed by atoms with E-state index in [1.165, 1.54) is 12.0 Å². The van der Waals surface area contributed by atoms with Crippen LogP contribution in [0.25, 0.3) is 0 Å². The van der Waals surface area contributed by atoms with Crippen LogP contribution in [0, 0.1) is 17.8 Å². The Morgan fingerprint density at radius 3 is 2.69 bits per heavy atom. The summed E-state index contributed by atoms with van der Waals surface area (Å²) in [5.41, 5.74) is 1.49. The molecule has 2 rings (SSSR count). The lowest BCUT2D eigenvalue weighted by Crippen LogP contribution is -2.24. The zero-order valence-corrected chi connectivity index (χ0v) is 10.0. The van der Waals surface area contributed by atoms with Gasteiger partial charge in [0.2, 0.25) is 0 Å². The molecule has 16 heavy (non-hydrogen) atoms. The number of hydrogen-bond acceptors (Lipinski definition) is 3. The molecule has 0 N–H and O–H groups in total. The topological polar surface area (TPSA) is 43.1 Å². The van der Waals surface area contributed by atoms with Crippen molar-refractivity contribution in [3.8, 4) is 0 Å². The third kappa shape index (κ3) is 2.38. The van der Waals surface area contributed by atoms with Crippen molar-refractivity contribution in [1.82, 2.24) is 14.9 Å².